The van der Waals surface area contributed by atoms with Gasteiger partial charge in [-0.3, -0.25) is 28.9 Å². The third kappa shape index (κ3) is 3.43. The van der Waals surface area contributed by atoms with Crippen LogP contribution in [0.3, 0.4) is 0 Å². The third-order valence-corrected chi connectivity index (χ3v) is 8.11. The van der Waals surface area contributed by atoms with Crippen molar-refractivity contribution in [3.63, 3.8) is 0 Å². The summed E-state index contributed by atoms with van der Waals surface area (Å²) >= 11 is 0. The number of rotatable bonds is 4. The number of β-lactam (4-membered cyclic amide) rings is 1. The van der Waals surface area contributed by atoms with Crippen LogP contribution in [0.4, 0.5) is 11.4 Å². The molecule has 0 bridgehead atoms. The topological polar surface area (TPSA) is 95.1 Å². The Kier molecular flexibility index (Phi) is 5.31. The van der Waals surface area contributed by atoms with Crippen LogP contribution in [0.25, 0.3) is 0 Å². The fourth-order valence-electron chi connectivity index (χ4n) is 6.02. The molecule has 2 aliphatic heterocycles. The van der Waals surface area contributed by atoms with Crippen LogP contribution in [-0.2, 0) is 4.79 Å². The average Bonchev–Trinajstić information content (AvgIpc) is 3.24. The van der Waals surface area contributed by atoms with Crippen LogP contribution in [0.15, 0.2) is 91.0 Å². The number of ketones is 2. The molecule has 0 spiro atoms. The molecule has 2 unspecified atom stereocenters. The van der Waals surface area contributed by atoms with Gasteiger partial charge >= 0.3 is 0 Å². The van der Waals surface area contributed by atoms with E-state index >= 15 is 0 Å². The van der Waals surface area contributed by atoms with Crippen LogP contribution < -0.4 is 9.80 Å². The molecule has 1 saturated heterocycles. The smallest absolute Gasteiger partial charge is 0.262 e. The van der Waals surface area contributed by atoms with Gasteiger partial charge in [0.15, 0.2) is 11.6 Å². The van der Waals surface area contributed by atoms with E-state index in [-0.39, 0.29) is 33.8 Å². The number of carbonyl (C=O) groups excluding carboxylic acids is 5. The second kappa shape index (κ2) is 8.82. The largest absolute Gasteiger partial charge is 0.378 e. The van der Waals surface area contributed by atoms with E-state index in [1.54, 1.807) is 71.6 Å². The summed E-state index contributed by atoms with van der Waals surface area (Å²) in [5.41, 5.74) is 3.75. The van der Waals surface area contributed by atoms with Crippen molar-refractivity contribution < 1.29 is 24.0 Å². The summed E-state index contributed by atoms with van der Waals surface area (Å²) in [6, 6.07) is 23.6. The van der Waals surface area contributed by atoms with E-state index in [1.165, 1.54) is 0 Å². The van der Waals surface area contributed by atoms with Crippen LogP contribution in [0.5, 0.6) is 0 Å². The zero-order chi connectivity index (χ0) is 28.6. The summed E-state index contributed by atoms with van der Waals surface area (Å²) < 4.78 is 0. The van der Waals surface area contributed by atoms with E-state index < -0.39 is 29.8 Å². The van der Waals surface area contributed by atoms with Crippen molar-refractivity contribution in [2.45, 2.75) is 12.1 Å². The van der Waals surface area contributed by atoms with Crippen molar-refractivity contribution in [3.05, 3.63) is 130 Å². The van der Waals surface area contributed by atoms with Gasteiger partial charge in [0.25, 0.3) is 17.7 Å². The summed E-state index contributed by atoms with van der Waals surface area (Å²) in [7, 11) is 3.82. The van der Waals surface area contributed by atoms with Crippen molar-refractivity contribution in [2.24, 2.45) is 0 Å². The number of imide groups is 1. The zero-order valence-electron chi connectivity index (χ0n) is 22.2. The molecule has 0 N–H and O–H groups in total. The van der Waals surface area contributed by atoms with Crippen LogP contribution >= 0.6 is 0 Å². The van der Waals surface area contributed by atoms with Crippen LogP contribution in [0, 0.1) is 0 Å². The first kappa shape index (κ1) is 24.7. The molecule has 2 heterocycles. The molecule has 8 nitrogen and oxygen atoms in total. The Hall–Kier alpha value is -5.37. The molecule has 0 radical (unpaired) electrons. The minimum absolute atomic E-state index is 0.231. The first-order valence-corrected chi connectivity index (χ1v) is 13.2. The number of carbonyl (C=O) groups is 5. The van der Waals surface area contributed by atoms with E-state index in [2.05, 4.69) is 0 Å². The SMILES string of the molecule is CN(C)c1ccc(N2C(=O)C(N3C(=O)c4ccccc4C3=O)C2c2ccc3c(c2)C(=O)c2ccccc2C3=O)cc1. The molecule has 3 aliphatic rings. The Balaban J connectivity index is 1.34. The van der Waals surface area contributed by atoms with Gasteiger partial charge in [0.05, 0.1) is 17.2 Å². The molecule has 3 amide bonds. The lowest BCUT2D eigenvalue weighted by Crippen LogP contribution is -2.67. The number of hydrogen-bond donors (Lipinski definition) is 0. The molecular formula is C33H23N3O5. The molecular weight excluding hydrogens is 518 g/mol. The third-order valence-electron chi connectivity index (χ3n) is 8.11. The van der Waals surface area contributed by atoms with E-state index in [1.807, 2.05) is 43.3 Å². The lowest BCUT2D eigenvalue weighted by molar-refractivity contribution is -0.130. The number of amides is 3. The van der Waals surface area contributed by atoms with Gasteiger partial charge in [-0.1, -0.05) is 42.5 Å². The standard InChI is InChI=1S/C33H23N3O5/c1-34(2)19-12-14-20(15-13-19)35-27(28(33(35)41)36-31(39)24-9-5-6-10-25(24)32(36)40)18-11-16-23-26(17-18)30(38)22-8-4-3-7-21(22)29(23)37/h3-17,27-28H,1-2H3. The molecule has 1 fully saturated rings. The summed E-state index contributed by atoms with van der Waals surface area (Å²) in [4.78, 5) is 71.9. The average molecular weight is 542 g/mol. The predicted molar refractivity (Wildman–Crippen MR) is 151 cm³/mol. The molecule has 0 aromatic heterocycles. The summed E-state index contributed by atoms with van der Waals surface area (Å²) in [5, 5.41) is 0. The molecule has 4 aromatic carbocycles. The maximum Gasteiger partial charge on any atom is 0.262 e. The predicted octanol–water partition coefficient (Wildman–Crippen LogP) is 4.28. The van der Waals surface area contributed by atoms with E-state index in [4.69, 9.17) is 0 Å². The monoisotopic (exact) mass is 541 g/mol. The van der Waals surface area contributed by atoms with Gasteiger partial charge in [-0.15, -0.1) is 0 Å². The quantitative estimate of drug-likeness (QED) is 0.249. The maximum absolute atomic E-state index is 13.8. The highest BCUT2D eigenvalue weighted by Crippen LogP contribution is 2.45. The second-order valence-electron chi connectivity index (χ2n) is 10.5. The van der Waals surface area contributed by atoms with Crippen molar-refractivity contribution in [1.29, 1.82) is 0 Å². The Morgan fingerprint density at radius 1 is 0.537 bits per heavy atom. The van der Waals surface area contributed by atoms with Gasteiger partial charge in [0.1, 0.15) is 6.04 Å². The van der Waals surface area contributed by atoms with Crippen LogP contribution in [0.2, 0.25) is 0 Å². The van der Waals surface area contributed by atoms with Crippen molar-refractivity contribution in [2.75, 3.05) is 23.9 Å². The van der Waals surface area contributed by atoms with Gasteiger partial charge in [0, 0.05) is 47.7 Å². The van der Waals surface area contributed by atoms with Gasteiger partial charge < -0.3 is 9.80 Å². The normalized spacial score (nSPS) is 19.1. The molecule has 1 aliphatic carbocycles. The van der Waals surface area contributed by atoms with E-state index in [0.717, 1.165) is 10.6 Å². The highest BCUT2D eigenvalue weighted by Gasteiger charge is 2.57. The summed E-state index contributed by atoms with van der Waals surface area (Å²) in [5.74, 6) is -2.02. The van der Waals surface area contributed by atoms with Crippen LogP contribution in [0.1, 0.15) is 64.2 Å². The first-order chi connectivity index (χ1) is 19.8. The lowest BCUT2D eigenvalue weighted by Gasteiger charge is -2.50. The summed E-state index contributed by atoms with van der Waals surface area (Å²) in [6.07, 6.45) is 0. The van der Waals surface area contributed by atoms with Gasteiger partial charge in [-0.25, -0.2) is 0 Å². The molecule has 41 heavy (non-hydrogen) atoms. The number of anilines is 2. The lowest BCUT2D eigenvalue weighted by atomic mass is 9.80. The fraction of sp³-hybridized carbons (Fsp3) is 0.121. The molecule has 4 aromatic rings. The van der Waals surface area contributed by atoms with Crippen molar-refractivity contribution >= 4 is 40.7 Å². The van der Waals surface area contributed by atoms with Crippen molar-refractivity contribution in [1.82, 2.24) is 4.90 Å². The van der Waals surface area contributed by atoms with E-state index in [0.29, 0.717) is 22.4 Å². The highest BCUT2D eigenvalue weighted by atomic mass is 16.2. The summed E-state index contributed by atoms with van der Waals surface area (Å²) in [6.45, 7) is 0. The molecule has 2 atom stereocenters. The number of fused-ring (bicyclic) bond motifs is 3. The number of hydrogen-bond acceptors (Lipinski definition) is 6. The maximum atomic E-state index is 13.8. The minimum Gasteiger partial charge on any atom is -0.378 e. The molecule has 200 valence electrons. The fourth-order valence-corrected chi connectivity index (χ4v) is 6.02. The Morgan fingerprint density at radius 2 is 1.05 bits per heavy atom. The first-order valence-electron chi connectivity index (χ1n) is 13.2. The number of benzene rings is 4. The van der Waals surface area contributed by atoms with E-state index in [9.17, 15) is 24.0 Å². The molecule has 8 heteroatoms. The minimum atomic E-state index is -1.12. The van der Waals surface area contributed by atoms with Gasteiger partial charge in [-0.2, -0.15) is 0 Å². The molecule has 7 rings (SSSR count). The van der Waals surface area contributed by atoms with Gasteiger partial charge in [-0.05, 0) is 54.1 Å². The Labute approximate surface area is 235 Å². The second-order valence-corrected chi connectivity index (χ2v) is 10.5. The Morgan fingerprint density at radius 3 is 1.61 bits per heavy atom. The van der Waals surface area contributed by atoms with Gasteiger partial charge in [0.2, 0.25) is 0 Å². The van der Waals surface area contributed by atoms with Crippen molar-refractivity contribution in [3.8, 4) is 0 Å². The molecule has 0 saturated carbocycles. The Bertz CT molecular complexity index is 1810. The highest BCUT2D eigenvalue weighted by molar-refractivity contribution is 6.28. The number of nitrogens with zero attached hydrogens (tertiary/aromatic N) is 3. The zero-order valence-corrected chi connectivity index (χ0v) is 22.2. The van der Waals surface area contributed by atoms with Crippen LogP contribution in [-0.4, -0.2) is 54.3 Å².